The molecule has 0 amide bonds. The van der Waals surface area contributed by atoms with Crippen LogP contribution in [0.1, 0.15) is 25.6 Å². The number of aliphatic imine (C=N–C) groups is 1. The second kappa shape index (κ2) is 5.98. The summed E-state index contributed by atoms with van der Waals surface area (Å²) in [6, 6.07) is 3.69. The van der Waals surface area contributed by atoms with Gasteiger partial charge >= 0.3 is 0 Å². The van der Waals surface area contributed by atoms with E-state index in [0.717, 1.165) is 15.3 Å². The predicted molar refractivity (Wildman–Crippen MR) is 111 cm³/mol. The van der Waals surface area contributed by atoms with Crippen LogP contribution in [0, 0.1) is 0 Å². The van der Waals surface area contributed by atoms with Gasteiger partial charge in [0.1, 0.15) is 11.4 Å². The summed E-state index contributed by atoms with van der Waals surface area (Å²) in [5, 5.41) is 1.12. The molecule has 0 aromatic carbocycles. The predicted octanol–water partition coefficient (Wildman–Crippen LogP) is 4.20. The van der Waals surface area contributed by atoms with Gasteiger partial charge in [0.05, 0.1) is 19.7 Å². The lowest BCUT2D eigenvalue weighted by atomic mass is 10.0. The van der Waals surface area contributed by atoms with Crippen LogP contribution in [0.2, 0.25) is 10.0 Å². The number of hydrogen-bond donors (Lipinski definition) is 1. The number of amidine groups is 1. The lowest BCUT2D eigenvalue weighted by Crippen LogP contribution is -2.54. The van der Waals surface area contributed by atoms with Gasteiger partial charge in [0.2, 0.25) is 0 Å². The van der Waals surface area contributed by atoms with Crippen molar-refractivity contribution >= 4 is 55.8 Å². The van der Waals surface area contributed by atoms with Crippen LogP contribution in [0.15, 0.2) is 29.5 Å². The van der Waals surface area contributed by atoms with Gasteiger partial charge in [-0.15, -0.1) is 11.3 Å². The number of aromatic nitrogens is 1. The molecule has 1 aliphatic rings. The van der Waals surface area contributed by atoms with E-state index in [0.29, 0.717) is 21.6 Å². The summed E-state index contributed by atoms with van der Waals surface area (Å²) in [6.07, 6.45) is 3.31. The molecule has 25 heavy (non-hydrogen) atoms. The van der Waals surface area contributed by atoms with Crippen LogP contribution >= 0.6 is 34.5 Å². The minimum Gasteiger partial charge on any atom is -0.386 e. The standard InChI is InChI=1S/C17H19Cl2N3OS2/c1-16(2)15(20)22-17(3,9-25(16,4)23)14-12(19)6-13(24-14)10-5-11(18)8-21-7-10/h5-8H,4,9H2,1-3H3,(H2,20,22)/t17-,25?/m0/s1. The summed E-state index contributed by atoms with van der Waals surface area (Å²) < 4.78 is 12.4. The maximum absolute atomic E-state index is 13.2. The van der Waals surface area contributed by atoms with Crippen LogP contribution in [0.3, 0.4) is 0 Å². The Hall–Kier alpha value is -1.08. The third-order valence-corrected chi connectivity index (χ3v) is 9.75. The summed E-state index contributed by atoms with van der Waals surface area (Å²) in [6.45, 7) is 5.54. The molecule has 1 aliphatic heterocycles. The average Bonchev–Trinajstić information content (AvgIpc) is 2.88. The summed E-state index contributed by atoms with van der Waals surface area (Å²) >= 11 is 14.0. The van der Waals surface area contributed by atoms with E-state index in [9.17, 15) is 4.21 Å². The monoisotopic (exact) mass is 415 g/mol. The molecule has 134 valence electrons. The molecule has 0 aliphatic carbocycles. The van der Waals surface area contributed by atoms with E-state index in [1.807, 2.05) is 32.9 Å². The Balaban J connectivity index is 2.13. The van der Waals surface area contributed by atoms with Crippen LogP contribution in [-0.4, -0.2) is 31.4 Å². The molecule has 2 atom stereocenters. The highest BCUT2D eigenvalue weighted by atomic mass is 35.5. The Kier molecular flexibility index (Phi) is 4.47. The molecule has 0 fully saturated rings. The van der Waals surface area contributed by atoms with Crippen molar-refractivity contribution in [3.63, 3.8) is 0 Å². The Bertz CT molecular complexity index is 980. The molecule has 1 unspecified atom stereocenters. The molecule has 4 nitrogen and oxygen atoms in total. The van der Waals surface area contributed by atoms with Crippen molar-refractivity contribution < 1.29 is 4.21 Å². The van der Waals surface area contributed by atoms with E-state index in [2.05, 4.69) is 15.8 Å². The molecule has 0 radical (unpaired) electrons. The van der Waals surface area contributed by atoms with Crippen LogP contribution in [0.25, 0.3) is 10.4 Å². The molecule has 0 saturated heterocycles. The third kappa shape index (κ3) is 3.10. The van der Waals surface area contributed by atoms with E-state index in [-0.39, 0.29) is 0 Å². The van der Waals surface area contributed by atoms with Crippen LogP contribution < -0.4 is 5.73 Å². The maximum Gasteiger partial charge on any atom is 0.113 e. The fraction of sp³-hybridized carbons (Fsp3) is 0.353. The van der Waals surface area contributed by atoms with Gasteiger partial charge in [0.25, 0.3) is 0 Å². The van der Waals surface area contributed by atoms with Gasteiger partial charge in [0, 0.05) is 28.6 Å². The molecule has 0 bridgehead atoms. The smallest absolute Gasteiger partial charge is 0.113 e. The number of halogens is 2. The number of thiophene rings is 1. The summed E-state index contributed by atoms with van der Waals surface area (Å²) in [5.74, 6) is 4.60. The number of pyridine rings is 1. The second-order valence-corrected chi connectivity index (χ2v) is 11.7. The molecule has 3 rings (SSSR count). The molecular weight excluding hydrogens is 397 g/mol. The SMILES string of the molecule is C=S1(=O)C[C@@](C)(c2sc(-c3cncc(Cl)c3)cc2Cl)N=C(N)C1(C)C. The van der Waals surface area contributed by atoms with E-state index in [4.69, 9.17) is 28.9 Å². The number of nitrogens with zero attached hydrogens (tertiary/aromatic N) is 2. The number of rotatable bonds is 2. The van der Waals surface area contributed by atoms with Crippen LogP contribution in [-0.2, 0) is 15.1 Å². The lowest BCUT2D eigenvalue weighted by molar-refractivity contribution is 0.543. The topological polar surface area (TPSA) is 68.3 Å². The zero-order valence-electron chi connectivity index (χ0n) is 14.2. The van der Waals surface area contributed by atoms with Crippen molar-refractivity contribution in [3.8, 4) is 10.4 Å². The Morgan fingerprint density at radius 2 is 1.96 bits per heavy atom. The summed E-state index contributed by atoms with van der Waals surface area (Å²) in [7, 11) is -2.49. The molecule has 2 N–H and O–H groups in total. The highest BCUT2D eigenvalue weighted by Crippen LogP contribution is 2.45. The molecule has 0 saturated carbocycles. The first-order valence-corrected chi connectivity index (χ1v) is 11.0. The van der Waals surface area contributed by atoms with Gasteiger partial charge in [-0.05, 0) is 48.3 Å². The van der Waals surface area contributed by atoms with E-state index >= 15 is 0 Å². The normalized spacial score (nSPS) is 28.6. The first-order chi connectivity index (χ1) is 11.5. The van der Waals surface area contributed by atoms with Crippen LogP contribution in [0.4, 0.5) is 0 Å². The van der Waals surface area contributed by atoms with Crippen molar-refractivity contribution in [3.05, 3.63) is 39.4 Å². The molecule has 0 spiro atoms. The van der Waals surface area contributed by atoms with Gasteiger partial charge in [-0.3, -0.25) is 14.2 Å². The Labute approximate surface area is 162 Å². The van der Waals surface area contributed by atoms with Gasteiger partial charge in [-0.2, -0.15) is 0 Å². The van der Waals surface area contributed by atoms with Crippen molar-refractivity contribution in [2.75, 3.05) is 5.75 Å². The van der Waals surface area contributed by atoms with Gasteiger partial charge in [-0.1, -0.05) is 23.2 Å². The summed E-state index contributed by atoms with van der Waals surface area (Å²) in [5.41, 5.74) is 6.25. The molecule has 8 heteroatoms. The molecule has 3 heterocycles. The minimum atomic E-state index is -2.49. The third-order valence-electron chi connectivity index (χ3n) is 4.59. The van der Waals surface area contributed by atoms with Crippen molar-refractivity contribution in [2.24, 2.45) is 10.7 Å². The fourth-order valence-electron chi connectivity index (χ4n) is 2.80. The maximum atomic E-state index is 13.2. The zero-order valence-corrected chi connectivity index (χ0v) is 17.3. The van der Waals surface area contributed by atoms with Crippen LogP contribution in [0.5, 0.6) is 0 Å². The van der Waals surface area contributed by atoms with E-state index < -0.39 is 19.8 Å². The largest absolute Gasteiger partial charge is 0.386 e. The number of hydrogen-bond acceptors (Lipinski definition) is 5. The van der Waals surface area contributed by atoms with Gasteiger partial charge in [0.15, 0.2) is 0 Å². The van der Waals surface area contributed by atoms with Crippen molar-refractivity contribution in [1.82, 2.24) is 4.98 Å². The van der Waals surface area contributed by atoms with E-state index in [1.54, 1.807) is 12.4 Å². The Morgan fingerprint density at radius 1 is 1.28 bits per heavy atom. The van der Waals surface area contributed by atoms with E-state index in [1.165, 1.54) is 11.3 Å². The second-order valence-electron chi connectivity index (χ2n) is 6.92. The van der Waals surface area contributed by atoms with Crippen molar-refractivity contribution in [2.45, 2.75) is 31.1 Å². The quantitative estimate of drug-likeness (QED) is 0.747. The summed E-state index contributed by atoms with van der Waals surface area (Å²) in [4.78, 5) is 10.5. The number of nitrogens with two attached hydrogens (primary N) is 1. The van der Waals surface area contributed by atoms with Gasteiger partial charge < -0.3 is 5.73 Å². The zero-order chi connectivity index (χ0) is 18.6. The highest BCUT2D eigenvalue weighted by molar-refractivity contribution is 8.02. The fourth-order valence-corrected chi connectivity index (χ4v) is 6.58. The molecule has 2 aromatic rings. The minimum absolute atomic E-state index is 0.293. The highest BCUT2D eigenvalue weighted by Gasteiger charge is 2.46. The lowest BCUT2D eigenvalue weighted by Gasteiger charge is -2.40. The molecule has 2 aromatic heterocycles. The van der Waals surface area contributed by atoms with Crippen molar-refractivity contribution in [1.29, 1.82) is 0 Å². The Morgan fingerprint density at radius 3 is 2.56 bits per heavy atom. The first kappa shape index (κ1) is 18.7. The average molecular weight is 416 g/mol. The first-order valence-electron chi connectivity index (χ1n) is 7.57. The molecular formula is C17H19Cl2N3OS2. The van der Waals surface area contributed by atoms with Gasteiger partial charge in [-0.25, -0.2) is 0 Å².